The summed E-state index contributed by atoms with van der Waals surface area (Å²) in [5.74, 6) is 0. The first-order valence-electron chi connectivity index (χ1n) is 10.7. The number of pyridine rings is 3. The molecule has 0 bridgehead atoms. The van der Waals surface area contributed by atoms with Crippen LogP contribution in [0.5, 0.6) is 0 Å². The van der Waals surface area contributed by atoms with Crippen molar-refractivity contribution in [1.29, 1.82) is 0 Å². The predicted molar refractivity (Wildman–Crippen MR) is 145 cm³/mol. The maximum absolute atomic E-state index is 4.95. The third kappa shape index (κ3) is 8.25. The van der Waals surface area contributed by atoms with Gasteiger partial charge in [-0.3, -0.25) is 9.97 Å². The van der Waals surface area contributed by atoms with Gasteiger partial charge in [-0.05, 0) is 91.1 Å². The molecule has 4 heterocycles. The zero-order chi connectivity index (χ0) is 24.5. The number of aromatic nitrogens is 3. The van der Waals surface area contributed by atoms with E-state index in [1.165, 1.54) is 20.9 Å². The fraction of sp³-hybridized carbons (Fsp3) is 0.192. The van der Waals surface area contributed by atoms with E-state index in [-0.39, 0.29) is 0 Å². The molecule has 179 valence electrons. The van der Waals surface area contributed by atoms with E-state index in [9.17, 15) is 0 Å². The van der Waals surface area contributed by atoms with Gasteiger partial charge in [0.15, 0.2) is 0 Å². The molecule has 0 radical (unpaired) electrons. The third-order valence-corrected chi connectivity index (χ3v) is 6.00. The van der Waals surface area contributed by atoms with Crippen molar-refractivity contribution in [3.8, 4) is 22.8 Å². The van der Waals surface area contributed by atoms with Crippen LogP contribution in [0.4, 0.5) is 0 Å². The molecule has 0 aliphatic carbocycles. The van der Waals surface area contributed by atoms with Gasteiger partial charge in [0.05, 0.1) is 22.8 Å². The first kappa shape index (κ1) is 27.0. The Morgan fingerprint density at radius 1 is 0.765 bits per heavy atom. The number of hydrogen-bond acceptors (Lipinski definition) is 4. The summed E-state index contributed by atoms with van der Waals surface area (Å²) >= 11 is 0.0399. The number of thiophene rings is 1. The molecule has 0 unspecified atom stereocenters. The molecule has 0 saturated heterocycles. The molecule has 0 aromatic carbocycles. The number of rotatable bonds is 6. The Balaban J connectivity index is 0.000000751. The molecule has 0 aliphatic rings. The Morgan fingerprint density at radius 3 is 1.94 bits per heavy atom. The maximum atomic E-state index is 4.95. The van der Waals surface area contributed by atoms with Crippen LogP contribution < -0.4 is 0 Å². The Hall–Kier alpha value is -1.62. The zero-order valence-corrected chi connectivity index (χ0v) is 23.9. The molecule has 0 fully saturated rings. The van der Waals surface area contributed by atoms with E-state index in [2.05, 4.69) is 85.4 Å². The van der Waals surface area contributed by atoms with Crippen LogP contribution in [0.3, 0.4) is 0 Å². The average molecular weight is 619 g/mol. The minimum absolute atomic E-state index is 0.878. The van der Waals surface area contributed by atoms with Crippen LogP contribution >= 0.6 is 40.4 Å². The van der Waals surface area contributed by atoms with Crippen molar-refractivity contribution in [2.45, 2.75) is 33.6 Å². The van der Waals surface area contributed by atoms with Crippen LogP contribution in [0.2, 0.25) is 0 Å². The van der Waals surface area contributed by atoms with Crippen molar-refractivity contribution in [3.05, 3.63) is 87.4 Å². The minimum atomic E-state index is -1.75. The molecule has 34 heavy (non-hydrogen) atoms. The molecule has 0 aliphatic heterocycles. The van der Waals surface area contributed by atoms with E-state index in [1.54, 1.807) is 11.3 Å². The van der Waals surface area contributed by atoms with Gasteiger partial charge in [-0.25, -0.2) is 4.98 Å². The van der Waals surface area contributed by atoms with Crippen LogP contribution in [0, 0.1) is 6.92 Å². The van der Waals surface area contributed by atoms with E-state index < -0.39 is 13.0 Å². The molecular formula is C26H25Cl3N3RuS. The van der Waals surface area contributed by atoms with Gasteiger partial charge in [-0.15, -0.1) is 11.3 Å². The normalized spacial score (nSPS) is 11.3. The van der Waals surface area contributed by atoms with Crippen LogP contribution in [0.1, 0.15) is 40.3 Å². The predicted octanol–water partition coefficient (Wildman–Crippen LogP) is 8.94. The fourth-order valence-corrected chi connectivity index (χ4v) is 4.08. The molecule has 0 amide bonds. The van der Waals surface area contributed by atoms with Crippen LogP contribution in [-0.2, 0) is 25.8 Å². The summed E-state index contributed by atoms with van der Waals surface area (Å²) in [5.41, 5.74) is 7.18. The molecular weight excluding hydrogens is 594 g/mol. The molecule has 4 rings (SSSR count). The van der Waals surface area contributed by atoms with E-state index in [0.29, 0.717) is 0 Å². The van der Waals surface area contributed by atoms with Crippen LogP contribution in [-0.4, -0.2) is 15.0 Å². The molecule has 0 saturated carbocycles. The molecule has 0 atom stereocenters. The molecule has 0 N–H and O–H groups in total. The quantitative estimate of drug-likeness (QED) is 0.203. The number of halogens is 3. The Labute approximate surface area is 222 Å². The van der Waals surface area contributed by atoms with Crippen molar-refractivity contribution in [1.82, 2.24) is 15.0 Å². The van der Waals surface area contributed by atoms with Gasteiger partial charge in [0.2, 0.25) is 0 Å². The zero-order valence-electron chi connectivity index (χ0n) is 19.1. The van der Waals surface area contributed by atoms with Crippen molar-refractivity contribution >= 4 is 52.6 Å². The van der Waals surface area contributed by atoms with Gasteiger partial charge in [0.1, 0.15) is 0 Å². The summed E-state index contributed by atoms with van der Waals surface area (Å²) < 4.78 is 0. The second-order valence-corrected chi connectivity index (χ2v) is 16.6. The van der Waals surface area contributed by atoms with Crippen molar-refractivity contribution < 1.29 is 13.0 Å². The van der Waals surface area contributed by atoms with Crippen LogP contribution in [0.15, 0.2) is 60.9 Å². The molecule has 8 heteroatoms. The Bertz CT molecular complexity index is 1250. The van der Waals surface area contributed by atoms with Gasteiger partial charge < -0.3 is 0 Å². The average Bonchev–Trinajstić information content (AvgIpc) is 3.27. The van der Waals surface area contributed by atoms with Crippen molar-refractivity contribution in [3.63, 3.8) is 0 Å². The first-order chi connectivity index (χ1) is 16.4. The summed E-state index contributed by atoms with van der Waals surface area (Å²) in [5, 5.41) is 0. The standard InChI is InChI=1S/C26H25N3S.3ClH.Ru/c1-4-19-10-12-27-23(14-19)25-15-20(5-2)16-26(29-25)24-17-21(11-13-28-24)7-9-22-8-6-18(3)30-22;;;;/h6-17H,4-5H2,1-3H3;3*1H;/q;;;;+3/p-3/b9-7+;;;;. The van der Waals surface area contributed by atoms with Crippen molar-refractivity contribution in [2.75, 3.05) is 0 Å². The monoisotopic (exact) mass is 618 g/mol. The van der Waals surface area contributed by atoms with Gasteiger partial charge in [0.25, 0.3) is 0 Å². The molecule has 3 nitrogen and oxygen atoms in total. The number of hydrogen-bond donors (Lipinski definition) is 0. The summed E-state index contributed by atoms with van der Waals surface area (Å²) in [6.45, 7) is 6.44. The van der Waals surface area contributed by atoms with Crippen LogP contribution in [0.25, 0.3) is 34.9 Å². The Kier molecular flexibility index (Phi) is 10.7. The second kappa shape index (κ2) is 13.5. The van der Waals surface area contributed by atoms with Gasteiger partial charge in [-0.1, -0.05) is 19.9 Å². The number of nitrogens with zero attached hydrogens (tertiary/aromatic N) is 3. The van der Waals surface area contributed by atoms with Crippen molar-refractivity contribution in [2.24, 2.45) is 0 Å². The summed E-state index contributed by atoms with van der Waals surface area (Å²) in [6.07, 6.45) is 9.92. The van der Waals surface area contributed by atoms with Gasteiger partial charge >= 0.3 is 42.1 Å². The molecule has 4 aromatic rings. The summed E-state index contributed by atoms with van der Waals surface area (Å²) in [6, 6.07) is 16.9. The van der Waals surface area contributed by atoms with E-state index in [0.717, 1.165) is 41.2 Å². The summed E-state index contributed by atoms with van der Waals surface area (Å²) in [7, 11) is 14.8. The summed E-state index contributed by atoms with van der Waals surface area (Å²) in [4.78, 5) is 16.6. The third-order valence-electron chi connectivity index (χ3n) is 5.04. The fourth-order valence-electron chi connectivity index (χ4n) is 3.30. The topological polar surface area (TPSA) is 38.7 Å². The molecule has 4 aromatic heterocycles. The SMILES string of the molecule is CCc1ccnc(-c2cc(CC)cc(-c3cc(/C=C/c4ccc(C)s4)ccn3)n2)c1.[Cl][Ru]([Cl])[Cl]. The van der Waals surface area contributed by atoms with E-state index in [4.69, 9.17) is 34.1 Å². The number of aryl methyl sites for hydroxylation is 3. The van der Waals surface area contributed by atoms with E-state index in [1.807, 2.05) is 18.5 Å². The van der Waals surface area contributed by atoms with Gasteiger partial charge in [-0.2, -0.15) is 0 Å². The van der Waals surface area contributed by atoms with Gasteiger partial charge in [0, 0.05) is 22.1 Å². The Morgan fingerprint density at radius 2 is 1.35 bits per heavy atom. The van der Waals surface area contributed by atoms with E-state index >= 15 is 0 Å². The first-order valence-corrected chi connectivity index (χ1v) is 18.2. The molecule has 0 spiro atoms. The second-order valence-electron chi connectivity index (χ2n) is 7.41.